The lowest BCUT2D eigenvalue weighted by Gasteiger charge is -2.23. The van der Waals surface area contributed by atoms with E-state index in [1.165, 1.54) is 12.1 Å². The minimum Gasteiger partial charge on any atom is -0.351 e. The molecule has 0 unspecified atom stereocenters. The Labute approximate surface area is 157 Å². The molecule has 2 aromatic carbocycles. The SMILES string of the molecule is C[C@@H](C(=O)NCc1ccc(F)cc1)N(C)CC(=O)Nc1cccc(Cl)c1. The van der Waals surface area contributed by atoms with Crippen molar-refractivity contribution in [2.45, 2.75) is 19.5 Å². The van der Waals surface area contributed by atoms with E-state index >= 15 is 0 Å². The van der Waals surface area contributed by atoms with Crippen LogP contribution in [0.25, 0.3) is 0 Å². The van der Waals surface area contributed by atoms with Crippen molar-refractivity contribution in [3.8, 4) is 0 Å². The minimum absolute atomic E-state index is 0.0532. The lowest BCUT2D eigenvalue weighted by molar-refractivity contribution is -0.126. The Bertz CT molecular complexity index is 768. The highest BCUT2D eigenvalue weighted by atomic mass is 35.5. The van der Waals surface area contributed by atoms with Crippen molar-refractivity contribution < 1.29 is 14.0 Å². The van der Waals surface area contributed by atoms with Crippen LogP contribution in [0.5, 0.6) is 0 Å². The van der Waals surface area contributed by atoms with E-state index in [4.69, 9.17) is 11.6 Å². The number of rotatable bonds is 7. The molecular weight excluding hydrogens is 357 g/mol. The topological polar surface area (TPSA) is 61.4 Å². The molecule has 1 atom stereocenters. The van der Waals surface area contributed by atoms with Gasteiger partial charge in [-0.25, -0.2) is 4.39 Å². The summed E-state index contributed by atoms with van der Waals surface area (Å²) in [6, 6.07) is 12.3. The second-order valence-corrected chi connectivity index (χ2v) is 6.43. The number of likely N-dealkylation sites (N-methyl/N-ethyl adjacent to an activating group) is 1. The Balaban J connectivity index is 1.81. The van der Waals surface area contributed by atoms with Gasteiger partial charge in [-0.15, -0.1) is 0 Å². The van der Waals surface area contributed by atoms with Gasteiger partial charge in [-0.2, -0.15) is 0 Å². The van der Waals surface area contributed by atoms with Crippen LogP contribution < -0.4 is 10.6 Å². The van der Waals surface area contributed by atoms with Crippen molar-refractivity contribution in [1.29, 1.82) is 0 Å². The number of nitrogens with zero attached hydrogens (tertiary/aromatic N) is 1. The zero-order valence-electron chi connectivity index (χ0n) is 14.6. The molecule has 2 amide bonds. The van der Waals surface area contributed by atoms with Gasteiger partial charge in [0.15, 0.2) is 0 Å². The first-order valence-electron chi connectivity index (χ1n) is 8.13. The van der Waals surface area contributed by atoms with E-state index in [0.29, 0.717) is 17.3 Å². The van der Waals surface area contributed by atoms with E-state index in [2.05, 4.69) is 10.6 Å². The van der Waals surface area contributed by atoms with Crippen LogP contribution in [0, 0.1) is 5.82 Å². The number of carbonyl (C=O) groups is 2. The molecule has 5 nitrogen and oxygen atoms in total. The van der Waals surface area contributed by atoms with Gasteiger partial charge in [0, 0.05) is 17.3 Å². The van der Waals surface area contributed by atoms with Gasteiger partial charge in [-0.05, 0) is 49.9 Å². The molecule has 0 radical (unpaired) electrons. The Morgan fingerprint density at radius 2 is 1.88 bits per heavy atom. The Morgan fingerprint density at radius 3 is 2.54 bits per heavy atom. The molecule has 0 bridgehead atoms. The number of amides is 2. The summed E-state index contributed by atoms with van der Waals surface area (Å²) >= 11 is 5.88. The fourth-order valence-corrected chi connectivity index (χ4v) is 2.46. The first-order chi connectivity index (χ1) is 12.3. The highest BCUT2D eigenvalue weighted by Crippen LogP contribution is 2.14. The molecule has 0 aliphatic heterocycles. The van der Waals surface area contributed by atoms with Crippen molar-refractivity contribution in [2.75, 3.05) is 18.9 Å². The largest absolute Gasteiger partial charge is 0.351 e. The van der Waals surface area contributed by atoms with Crippen molar-refractivity contribution >= 4 is 29.1 Å². The molecule has 0 spiro atoms. The molecule has 0 saturated carbocycles. The normalized spacial score (nSPS) is 11.9. The van der Waals surface area contributed by atoms with Crippen LogP contribution in [0.15, 0.2) is 48.5 Å². The summed E-state index contributed by atoms with van der Waals surface area (Å²) in [6.45, 7) is 2.07. The average molecular weight is 378 g/mol. The van der Waals surface area contributed by atoms with Crippen LogP contribution in [0.4, 0.5) is 10.1 Å². The fourth-order valence-electron chi connectivity index (χ4n) is 2.27. The zero-order valence-corrected chi connectivity index (χ0v) is 15.4. The predicted molar refractivity (Wildman–Crippen MR) is 100 cm³/mol. The number of anilines is 1. The van der Waals surface area contributed by atoms with Crippen LogP contribution in [0.2, 0.25) is 5.02 Å². The molecule has 0 aliphatic carbocycles. The van der Waals surface area contributed by atoms with Crippen molar-refractivity contribution in [3.63, 3.8) is 0 Å². The van der Waals surface area contributed by atoms with Crippen LogP contribution in [-0.2, 0) is 16.1 Å². The second kappa shape index (κ2) is 9.31. The summed E-state index contributed by atoms with van der Waals surface area (Å²) < 4.78 is 12.9. The Morgan fingerprint density at radius 1 is 1.19 bits per heavy atom. The third-order valence-corrected chi connectivity index (χ3v) is 4.16. The molecular formula is C19H21ClFN3O2. The zero-order chi connectivity index (χ0) is 19.1. The Kier molecular flexibility index (Phi) is 7.12. The minimum atomic E-state index is -0.499. The number of hydrogen-bond donors (Lipinski definition) is 2. The molecule has 26 heavy (non-hydrogen) atoms. The molecule has 0 aliphatic rings. The number of nitrogens with one attached hydrogen (secondary N) is 2. The number of carbonyl (C=O) groups excluding carboxylic acids is 2. The summed E-state index contributed by atoms with van der Waals surface area (Å²) in [6.07, 6.45) is 0. The summed E-state index contributed by atoms with van der Waals surface area (Å²) in [5.74, 6) is -0.778. The third-order valence-electron chi connectivity index (χ3n) is 3.92. The van der Waals surface area contributed by atoms with Crippen molar-refractivity contribution in [2.24, 2.45) is 0 Å². The van der Waals surface area contributed by atoms with Gasteiger partial charge >= 0.3 is 0 Å². The maximum Gasteiger partial charge on any atom is 0.238 e. The summed E-state index contributed by atoms with van der Waals surface area (Å²) in [7, 11) is 1.69. The van der Waals surface area contributed by atoms with E-state index < -0.39 is 6.04 Å². The van der Waals surface area contributed by atoms with E-state index in [0.717, 1.165) is 5.56 Å². The molecule has 0 aromatic heterocycles. The van der Waals surface area contributed by atoms with Gasteiger partial charge < -0.3 is 10.6 Å². The lowest BCUT2D eigenvalue weighted by atomic mass is 10.2. The van der Waals surface area contributed by atoms with Gasteiger partial charge in [-0.1, -0.05) is 29.8 Å². The molecule has 7 heteroatoms. The van der Waals surface area contributed by atoms with Crippen LogP contribution in [-0.4, -0.2) is 36.3 Å². The maximum atomic E-state index is 12.9. The van der Waals surface area contributed by atoms with Gasteiger partial charge in [-0.3, -0.25) is 14.5 Å². The summed E-state index contributed by atoms with van der Waals surface area (Å²) in [5, 5.41) is 6.05. The summed E-state index contributed by atoms with van der Waals surface area (Å²) in [4.78, 5) is 26.0. The van der Waals surface area contributed by atoms with Crippen LogP contribution >= 0.6 is 11.6 Å². The standard InChI is InChI=1S/C19H21ClFN3O2/c1-13(19(26)22-11-14-6-8-16(21)9-7-14)24(2)12-18(25)23-17-5-3-4-15(20)10-17/h3-10,13H,11-12H2,1-2H3,(H,22,26)(H,23,25)/t13-/m0/s1. The molecule has 138 valence electrons. The van der Waals surface area contributed by atoms with Crippen molar-refractivity contribution in [1.82, 2.24) is 10.2 Å². The first kappa shape index (κ1) is 19.9. The molecule has 0 fully saturated rings. The summed E-state index contributed by atoms with van der Waals surface area (Å²) in [5.41, 5.74) is 1.40. The maximum absolute atomic E-state index is 12.9. The fraction of sp³-hybridized carbons (Fsp3) is 0.263. The molecule has 2 N–H and O–H groups in total. The van der Waals surface area contributed by atoms with Crippen LogP contribution in [0.1, 0.15) is 12.5 Å². The predicted octanol–water partition coefficient (Wildman–Crippen LogP) is 3.05. The number of benzene rings is 2. The second-order valence-electron chi connectivity index (χ2n) is 5.99. The third kappa shape index (κ3) is 6.13. The monoisotopic (exact) mass is 377 g/mol. The number of hydrogen-bond acceptors (Lipinski definition) is 3. The first-order valence-corrected chi connectivity index (χ1v) is 8.51. The average Bonchev–Trinajstić information content (AvgIpc) is 2.60. The van der Waals surface area contributed by atoms with E-state index in [-0.39, 0.29) is 24.2 Å². The molecule has 2 aromatic rings. The van der Waals surface area contributed by atoms with E-state index in [9.17, 15) is 14.0 Å². The van der Waals surface area contributed by atoms with Gasteiger partial charge in [0.25, 0.3) is 0 Å². The smallest absolute Gasteiger partial charge is 0.238 e. The van der Waals surface area contributed by atoms with E-state index in [1.54, 1.807) is 55.3 Å². The van der Waals surface area contributed by atoms with Crippen molar-refractivity contribution in [3.05, 3.63) is 64.9 Å². The molecule has 0 saturated heterocycles. The van der Waals surface area contributed by atoms with E-state index in [1.807, 2.05) is 0 Å². The highest BCUT2D eigenvalue weighted by Gasteiger charge is 2.20. The van der Waals surface area contributed by atoms with Gasteiger partial charge in [0.1, 0.15) is 5.82 Å². The highest BCUT2D eigenvalue weighted by molar-refractivity contribution is 6.30. The molecule has 2 rings (SSSR count). The number of halogens is 2. The van der Waals surface area contributed by atoms with Gasteiger partial charge in [0.2, 0.25) is 11.8 Å². The van der Waals surface area contributed by atoms with Crippen LogP contribution in [0.3, 0.4) is 0 Å². The quantitative estimate of drug-likeness (QED) is 0.779. The Hall–Kier alpha value is -2.44. The van der Waals surface area contributed by atoms with Gasteiger partial charge in [0.05, 0.1) is 12.6 Å². The molecule has 0 heterocycles. The lowest BCUT2D eigenvalue weighted by Crippen LogP contribution is -2.45.